The predicted octanol–water partition coefficient (Wildman–Crippen LogP) is 4.89. The monoisotopic (exact) mass is 350 g/mol. The molecule has 25 heavy (non-hydrogen) atoms. The van der Waals surface area contributed by atoms with Crippen molar-refractivity contribution in [2.75, 3.05) is 0 Å². The Bertz CT molecular complexity index is 1070. The van der Waals surface area contributed by atoms with E-state index in [-0.39, 0.29) is 5.41 Å². The van der Waals surface area contributed by atoms with Gasteiger partial charge in [0.15, 0.2) is 11.0 Å². The highest BCUT2D eigenvalue weighted by Crippen LogP contribution is 2.35. The van der Waals surface area contributed by atoms with Crippen LogP contribution in [0.2, 0.25) is 0 Å². The highest BCUT2D eigenvalue weighted by atomic mass is 32.1. The zero-order chi connectivity index (χ0) is 17.9. The first kappa shape index (κ1) is 16.3. The van der Waals surface area contributed by atoms with Crippen molar-refractivity contribution >= 4 is 32.6 Å². The van der Waals surface area contributed by atoms with Crippen molar-refractivity contribution in [1.82, 2.24) is 9.55 Å². The van der Waals surface area contributed by atoms with Gasteiger partial charge in [-0.25, -0.2) is 14.1 Å². The van der Waals surface area contributed by atoms with Gasteiger partial charge >= 0.3 is 0 Å². The topological polar surface area (TPSA) is 21.7 Å². The number of hydrogen-bond acceptors (Lipinski definition) is 2. The molecule has 0 aliphatic rings. The molecule has 0 N–H and O–H groups in total. The van der Waals surface area contributed by atoms with Crippen molar-refractivity contribution in [3.05, 3.63) is 47.0 Å². The van der Waals surface area contributed by atoms with E-state index in [1.54, 1.807) is 0 Å². The lowest BCUT2D eigenvalue weighted by Gasteiger charge is -2.13. The van der Waals surface area contributed by atoms with E-state index in [0.717, 1.165) is 5.52 Å². The Kier molecular flexibility index (Phi) is 3.51. The molecule has 2 aromatic heterocycles. The molecule has 0 amide bonds. The molecule has 0 bridgehead atoms. The van der Waals surface area contributed by atoms with Gasteiger partial charge in [-0.1, -0.05) is 32.9 Å². The van der Waals surface area contributed by atoms with Gasteiger partial charge in [0.25, 0.3) is 5.82 Å². The zero-order valence-corrected chi connectivity index (χ0v) is 16.5. The van der Waals surface area contributed by atoms with E-state index in [1.807, 2.05) is 11.3 Å². The Morgan fingerprint density at radius 2 is 1.84 bits per heavy atom. The molecule has 4 aromatic rings. The van der Waals surface area contributed by atoms with E-state index in [4.69, 9.17) is 4.98 Å². The maximum atomic E-state index is 4.87. The summed E-state index contributed by atoms with van der Waals surface area (Å²) in [5.41, 5.74) is 6.23. The Morgan fingerprint density at radius 3 is 2.52 bits per heavy atom. The molecule has 2 heterocycles. The third kappa shape index (κ3) is 2.47. The van der Waals surface area contributed by atoms with Gasteiger partial charge in [0, 0.05) is 5.41 Å². The number of thiazole rings is 1. The van der Waals surface area contributed by atoms with Crippen LogP contribution in [0.1, 0.15) is 31.3 Å². The summed E-state index contributed by atoms with van der Waals surface area (Å²) in [5.74, 6) is 1.23. The van der Waals surface area contributed by atoms with Gasteiger partial charge in [-0.05, 0) is 36.8 Å². The van der Waals surface area contributed by atoms with Crippen LogP contribution in [0.15, 0.2) is 36.4 Å². The minimum Gasteiger partial charge on any atom is -0.241 e. The van der Waals surface area contributed by atoms with Crippen LogP contribution in [0, 0.1) is 6.92 Å². The van der Waals surface area contributed by atoms with E-state index in [0.29, 0.717) is 0 Å². The maximum absolute atomic E-state index is 4.87. The van der Waals surface area contributed by atoms with Gasteiger partial charge in [0.2, 0.25) is 0 Å². The van der Waals surface area contributed by atoms with Crippen molar-refractivity contribution in [3.8, 4) is 11.4 Å². The first-order valence-electron chi connectivity index (χ1n) is 8.63. The number of aromatic nitrogens is 3. The van der Waals surface area contributed by atoms with Crippen LogP contribution in [-0.4, -0.2) is 9.55 Å². The molecule has 0 aliphatic carbocycles. The second-order valence-corrected chi connectivity index (χ2v) is 8.86. The predicted molar refractivity (Wildman–Crippen MR) is 106 cm³/mol. The van der Waals surface area contributed by atoms with Crippen LogP contribution in [-0.2, 0) is 19.5 Å². The van der Waals surface area contributed by atoms with Gasteiger partial charge in [-0.15, -0.1) is 11.3 Å². The molecule has 3 nitrogen and oxygen atoms in total. The van der Waals surface area contributed by atoms with E-state index >= 15 is 0 Å². The second kappa shape index (κ2) is 5.40. The summed E-state index contributed by atoms with van der Waals surface area (Å²) in [6, 6.07) is 13.1. The molecule has 4 rings (SSSR count). The van der Waals surface area contributed by atoms with Crippen LogP contribution in [0.25, 0.3) is 32.6 Å². The van der Waals surface area contributed by atoms with Crippen LogP contribution in [0.3, 0.4) is 0 Å². The van der Waals surface area contributed by atoms with Crippen LogP contribution in [0.5, 0.6) is 0 Å². The minimum absolute atomic E-state index is 0.0854. The van der Waals surface area contributed by atoms with E-state index in [2.05, 4.69) is 87.3 Å². The molecule has 4 heteroatoms. The van der Waals surface area contributed by atoms with Gasteiger partial charge in [-0.3, -0.25) is 0 Å². The third-order valence-corrected chi connectivity index (χ3v) is 6.30. The molecule has 0 radical (unpaired) electrons. The Labute approximate surface area is 152 Å². The molecule has 0 saturated heterocycles. The summed E-state index contributed by atoms with van der Waals surface area (Å²) in [5, 5.41) is 1.19. The second-order valence-electron chi connectivity index (χ2n) is 7.83. The summed E-state index contributed by atoms with van der Waals surface area (Å²) in [4.78, 5) is 4.87. The lowest BCUT2D eigenvalue weighted by molar-refractivity contribution is -0.634. The molecule has 0 saturated carbocycles. The van der Waals surface area contributed by atoms with Crippen LogP contribution >= 0.6 is 11.3 Å². The maximum Gasteiger partial charge on any atom is 0.289 e. The number of fused-ring (bicyclic) bond motifs is 2. The standard InChI is InChI=1S/C21H24N3S/c1-13-11-15-18(25-20(22-15)21(2,3)4)12-14(13)19-23(5)16-9-7-8-10-17(16)24(19)6/h7-12H,1-6H3/q+1. The summed E-state index contributed by atoms with van der Waals surface area (Å²) in [6.07, 6.45) is 0. The zero-order valence-electron chi connectivity index (χ0n) is 15.7. The average molecular weight is 351 g/mol. The van der Waals surface area contributed by atoms with E-state index in [9.17, 15) is 0 Å². The normalized spacial score (nSPS) is 12.4. The first-order valence-corrected chi connectivity index (χ1v) is 9.44. The highest BCUT2D eigenvalue weighted by Gasteiger charge is 2.25. The number of para-hydroxylation sites is 2. The van der Waals surface area contributed by atoms with Crippen LogP contribution in [0.4, 0.5) is 0 Å². The van der Waals surface area contributed by atoms with E-state index in [1.165, 1.54) is 37.7 Å². The average Bonchev–Trinajstić information content (AvgIpc) is 3.07. The third-order valence-electron chi connectivity index (χ3n) is 4.86. The molecule has 0 spiro atoms. The highest BCUT2D eigenvalue weighted by molar-refractivity contribution is 7.18. The molecular formula is C21H24N3S+. The molecule has 2 aromatic carbocycles. The lowest BCUT2D eigenvalue weighted by Crippen LogP contribution is -2.30. The molecule has 0 aliphatic heterocycles. The fraction of sp³-hybridized carbons (Fsp3) is 0.333. The fourth-order valence-electron chi connectivity index (χ4n) is 3.49. The van der Waals surface area contributed by atoms with Gasteiger partial charge in [0.05, 0.1) is 34.9 Å². The number of imidazole rings is 1. The number of nitrogens with zero attached hydrogens (tertiary/aromatic N) is 3. The lowest BCUT2D eigenvalue weighted by atomic mass is 9.98. The smallest absolute Gasteiger partial charge is 0.241 e. The molecule has 128 valence electrons. The van der Waals surface area contributed by atoms with Crippen molar-refractivity contribution in [2.45, 2.75) is 33.1 Å². The van der Waals surface area contributed by atoms with Gasteiger partial charge in [0.1, 0.15) is 0 Å². The number of aryl methyl sites for hydroxylation is 3. The summed E-state index contributed by atoms with van der Waals surface area (Å²) in [6.45, 7) is 8.86. The SMILES string of the molecule is Cc1cc2nc(C(C)(C)C)sc2cc1-c1n(C)c2ccccc2[n+]1C. The largest absolute Gasteiger partial charge is 0.289 e. The molecular weight excluding hydrogens is 326 g/mol. The summed E-state index contributed by atoms with van der Waals surface area (Å²) in [7, 11) is 4.29. The number of hydrogen-bond donors (Lipinski definition) is 0. The summed E-state index contributed by atoms with van der Waals surface area (Å²) < 4.78 is 5.83. The van der Waals surface area contributed by atoms with Crippen LogP contribution < -0.4 is 4.57 Å². The Hall–Kier alpha value is -2.20. The number of rotatable bonds is 1. The number of benzene rings is 2. The van der Waals surface area contributed by atoms with E-state index < -0.39 is 0 Å². The quantitative estimate of drug-likeness (QED) is 0.448. The minimum atomic E-state index is 0.0854. The van der Waals surface area contributed by atoms with Crippen molar-refractivity contribution in [2.24, 2.45) is 14.1 Å². The molecule has 0 unspecified atom stereocenters. The van der Waals surface area contributed by atoms with Crippen molar-refractivity contribution < 1.29 is 4.57 Å². The summed E-state index contributed by atoms with van der Waals surface area (Å²) >= 11 is 1.81. The Balaban J connectivity index is 2.00. The van der Waals surface area contributed by atoms with Crippen molar-refractivity contribution in [1.29, 1.82) is 0 Å². The van der Waals surface area contributed by atoms with Crippen molar-refractivity contribution in [3.63, 3.8) is 0 Å². The van der Waals surface area contributed by atoms with Gasteiger partial charge in [-0.2, -0.15) is 0 Å². The first-order chi connectivity index (χ1) is 11.8. The molecule has 0 atom stereocenters. The fourth-order valence-corrected chi connectivity index (χ4v) is 4.53. The Morgan fingerprint density at radius 1 is 1.12 bits per heavy atom. The molecule has 0 fully saturated rings. The van der Waals surface area contributed by atoms with Gasteiger partial charge < -0.3 is 0 Å².